The number of carbonyl (C=O) groups is 1. The van der Waals surface area contributed by atoms with Crippen molar-refractivity contribution in [2.24, 2.45) is 0 Å². The van der Waals surface area contributed by atoms with Crippen LogP contribution in [0.2, 0.25) is 0 Å². The van der Waals surface area contributed by atoms with Crippen LogP contribution in [0, 0.1) is 12.3 Å². The maximum atomic E-state index is 11.3. The van der Waals surface area contributed by atoms with Gasteiger partial charge in [-0.1, -0.05) is 5.92 Å². The maximum Gasteiger partial charge on any atom is 0.234 e. The van der Waals surface area contributed by atoms with Crippen molar-refractivity contribution in [2.75, 3.05) is 13.1 Å². The topological polar surface area (TPSA) is 40.5 Å². The molecule has 1 fully saturated rings. The summed E-state index contributed by atoms with van der Waals surface area (Å²) in [6.07, 6.45) is 6.50. The van der Waals surface area contributed by atoms with Crippen molar-refractivity contribution < 1.29 is 9.90 Å². The van der Waals surface area contributed by atoms with Gasteiger partial charge in [-0.05, 0) is 19.8 Å². The van der Waals surface area contributed by atoms with E-state index in [0.29, 0.717) is 25.9 Å². The molecule has 0 unspecified atom stereocenters. The Bertz CT molecular complexity index is 230. The van der Waals surface area contributed by atoms with Crippen molar-refractivity contribution in [3.8, 4) is 12.3 Å². The molecule has 0 saturated carbocycles. The van der Waals surface area contributed by atoms with Crippen LogP contribution in [-0.4, -0.2) is 34.6 Å². The molecule has 1 aliphatic rings. The number of aliphatic hydroxyl groups is 1. The van der Waals surface area contributed by atoms with Gasteiger partial charge in [0.1, 0.15) is 0 Å². The van der Waals surface area contributed by atoms with Gasteiger partial charge in [0, 0.05) is 13.1 Å². The van der Waals surface area contributed by atoms with Crippen molar-refractivity contribution in [1.82, 2.24) is 4.90 Å². The Morgan fingerprint density at radius 3 is 2.62 bits per heavy atom. The maximum absolute atomic E-state index is 11.3. The Kier molecular flexibility index (Phi) is 2.94. The fraction of sp³-hybridized carbons (Fsp3) is 0.700. The predicted octanol–water partition coefficient (Wildman–Crippen LogP) is 0.383. The normalized spacial score (nSPS) is 20.8. The Labute approximate surface area is 78.7 Å². The summed E-state index contributed by atoms with van der Waals surface area (Å²) in [5, 5.41) is 9.63. The lowest BCUT2D eigenvalue weighted by molar-refractivity contribution is -0.133. The zero-order valence-corrected chi connectivity index (χ0v) is 7.92. The highest BCUT2D eigenvalue weighted by Gasteiger charge is 2.28. The van der Waals surface area contributed by atoms with E-state index in [9.17, 15) is 9.90 Å². The molecular weight excluding hydrogens is 166 g/mol. The highest BCUT2D eigenvalue weighted by molar-refractivity contribution is 5.78. The van der Waals surface area contributed by atoms with Gasteiger partial charge in [-0.3, -0.25) is 4.79 Å². The Balaban J connectivity index is 2.42. The largest absolute Gasteiger partial charge is 0.390 e. The molecular formula is C10H15NO2. The summed E-state index contributed by atoms with van der Waals surface area (Å²) in [4.78, 5) is 13.0. The highest BCUT2D eigenvalue weighted by Crippen LogP contribution is 2.21. The zero-order chi connectivity index (χ0) is 9.90. The molecule has 1 aliphatic heterocycles. The van der Waals surface area contributed by atoms with E-state index in [1.54, 1.807) is 11.8 Å². The van der Waals surface area contributed by atoms with Crippen LogP contribution in [0.15, 0.2) is 0 Å². The molecule has 0 atom stereocenters. The van der Waals surface area contributed by atoms with Crippen LogP contribution in [0.4, 0.5) is 0 Å². The van der Waals surface area contributed by atoms with Gasteiger partial charge >= 0.3 is 0 Å². The van der Waals surface area contributed by atoms with Crippen LogP contribution in [0.25, 0.3) is 0 Å². The van der Waals surface area contributed by atoms with Crippen LogP contribution in [0.5, 0.6) is 0 Å². The molecule has 0 radical (unpaired) electrons. The number of amides is 1. The van der Waals surface area contributed by atoms with Crippen molar-refractivity contribution in [2.45, 2.75) is 31.8 Å². The lowest BCUT2D eigenvalue weighted by atomic mass is 9.94. The molecule has 1 N–H and O–H groups in total. The van der Waals surface area contributed by atoms with E-state index in [4.69, 9.17) is 6.42 Å². The van der Waals surface area contributed by atoms with Crippen molar-refractivity contribution in [3.63, 3.8) is 0 Å². The molecule has 1 saturated heterocycles. The Morgan fingerprint density at radius 2 is 2.15 bits per heavy atom. The predicted molar refractivity (Wildman–Crippen MR) is 49.9 cm³/mol. The summed E-state index contributed by atoms with van der Waals surface area (Å²) in [6.45, 7) is 3.04. The number of hydrogen-bond donors (Lipinski definition) is 1. The Morgan fingerprint density at radius 1 is 1.62 bits per heavy atom. The molecule has 0 aromatic heterocycles. The second kappa shape index (κ2) is 3.80. The molecule has 3 nitrogen and oxygen atoms in total. The number of piperidine rings is 1. The summed E-state index contributed by atoms with van der Waals surface area (Å²) in [7, 11) is 0. The zero-order valence-electron chi connectivity index (χ0n) is 7.92. The lowest BCUT2D eigenvalue weighted by Gasteiger charge is -2.35. The van der Waals surface area contributed by atoms with Crippen molar-refractivity contribution in [3.05, 3.63) is 0 Å². The van der Waals surface area contributed by atoms with Gasteiger partial charge in [0.2, 0.25) is 5.91 Å². The van der Waals surface area contributed by atoms with Crippen LogP contribution in [-0.2, 0) is 4.79 Å². The third kappa shape index (κ3) is 2.74. The number of likely N-dealkylation sites (tertiary alicyclic amines) is 1. The van der Waals surface area contributed by atoms with E-state index in [0.717, 1.165) is 0 Å². The summed E-state index contributed by atoms with van der Waals surface area (Å²) in [5.41, 5.74) is -0.604. The third-order valence-electron chi connectivity index (χ3n) is 2.45. The second-order valence-corrected chi connectivity index (χ2v) is 3.76. The molecule has 3 heteroatoms. The molecule has 0 spiro atoms. The highest BCUT2D eigenvalue weighted by atomic mass is 16.3. The monoisotopic (exact) mass is 181 g/mol. The molecule has 1 rings (SSSR count). The minimum atomic E-state index is -0.604. The molecule has 1 amide bonds. The van der Waals surface area contributed by atoms with Gasteiger partial charge in [-0.15, -0.1) is 6.42 Å². The first-order valence-corrected chi connectivity index (χ1v) is 4.49. The van der Waals surface area contributed by atoms with Gasteiger partial charge < -0.3 is 10.0 Å². The fourth-order valence-corrected chi connectivity index (χ4v) is 1.44. The van der Waals surface area contributed by atoms with Crippen LogP contribution in [0.1, 0.15) is 26.2 Å². The fourth-order valence-electron chi connectivity index (χ4n) is 1.44. The average molecular weight is 181 g/mol. The molecule has 0 aliphatic carbocycles. The van der Waals surface area contributed by atoms with Crippen LogP contribution in [0.3, 0.4) is 0 Å². The van der Waals surface area contributed by atoms with E-state index in [2.05, 4.69) is 5.92 Å². The lowest BCUT2D eigenvalue weighted by Crippen LogP contribution is -2.44. The molecule has 1 heterocycles. The van der Waals surface area contributed by atoms with Gasteiger partial charge in [-0.25, -0.2) is 0 Å². The molecule has 0 aromatic rings. The number of terminal acetylenes is 1. The molecule has 0 bridgehead atoms. The van der Waals surface area contributed by atoms with E-state index < -0.39 is 5.60 Å². The molecule has 0 aromatic carbocycles. The average Bonchev–Trinajstić information content (AvgIpc) is 2.04. The van der Waals surface area contributed by atoms with E-state index in [1.165, 1.54) is 0 Å². The minimum absolute atomic E-state index is 0.00185. The van der Waals surface area contributed by atoms with Gasteiger partial charge in [-0.2, -0.15) is 0 Å². The van der Waals surface area contributed by atoms with Crippen LogP contribution < -0.4 is 0 Å². The molecule has 13 heavy (non-hydrogen) atoms. The smallest absolute Gasteiger partial charge is 0.234 e. The summed E-state index contributed by atoms with van der Waals surface area (Å²) in [6, 6.07) is 0. The molecule has 72 valence electrons. The quantitative estimate of drug-likeness (QED) is 0.594. The van der Waals surface area contributed by atoms with Crippen LogP contribution >= 0.6 is 0 Å². The van der Waals surface area contributed by atoms with Gasteiger partial charge in [0.15, 0.2) is 0 Å². The third-order valence-corrected chi connectivity index (χ3v) is 2.45. The van der Waals surface area contributed by atoms with Gasteiger partial charge in [0.05, 0.1) is 12.0 Å². The number of hydrogen-bond acceptors (Lipinski definition) is 2. The Hall–Kier alpha value is -1.01. The van der Waals surface area contributed by atoms with Gasteiger partial charge in [0.25, 0.3) is 0 Å². The summed E-state index contributed by atoms with van der Waals surface area (Å²) >= 11 is 0. The summed E-state index contributed by atoms with van der Waals surface area (Å²) in [5.74, 6) is 2.33. The SMILES string of the molecule is C#CCC(=O)N1CCC(C)(O)CC1. The van der Waals surface area contributed by atoms with E-state index in [-0.39, 0.29) is 12.3 Å². The summed E-state index contributed by atoms with van der Waals surface area (Å²) < 4.78 is 0. The minimum Gasteiger partial charge on any atom is -0.390 e. The first-order chi connectivity index (χ1) is 6.05. The van der Waals surface area contributed by atoms with E-state index >= 15 is 0 Å². The number of rotatable bonds is 1. The van der Waals surface area contributed by atoms with E-state index in [1.807, 2.05) is 0 Å². The van der Waals surface area contributed by atoms with Crippen molar-refractivity contribution in [1.29, 1.82) is 0 Å². The second-order valence-electron chi connectivity index (χ2n) is 3.76. The standard InChI is InChI=1S/C10H15NO2/c1-3-4-9(12)11-7-5-10(2,13)6-8-11/h1,13H,4-8H2,2H3. The van der Waals surface area contributed by atoms with Crippen molar-refractivity contribution >= 4 is 5.91 Å². The number of nitrogens with zero attached hydrogens (tertiary/aromatic N) is 1. The number of carbonyl (C=O) groups excluding carboxylic acids is 1. The first-order valence-electron chi connectivity index (χ1n) is 4.49. The first kappa shape index (κ1) is 10.1.